The molecule has 5 heteroatoms. The molecule has 5 nitrogen and oxygen atoms in total. The van der Waals surface area contributed by atoms with Crippen LogP contribution in [0.2, 0.25) is 0 Å². The second kappa shape index (κ2) is 8.80. The summed E-state index contributed by atoms with van der Waals surface area (Å²) < 4.78 is 16.3. The maximum atomic E-state index is 13.0. The number of carbonyl (C=O) groups excluding carboxylic acids is 1. The maximum absolute atomic E-state index is 13.0. The van der Waals surface area contributed by atoms with Crippen LogP contribution in [-0.4, -0.2) is 37.7 Å². The first-order valence-electron chi connectivity index (χ1n) is 9.36. The van der Waals surface area contributed by atoms with Crippen LogP contribution in [0.15, 0.2) is 42.5 Å². The minimum Gasteiger partial charge on any atom is -0.497 e. The number of hydrogen-bond donors (Lipinski definition) is 0. The second-order valence-electron chi connectivity index (χ2n) is 6.68. The van der Waals surface area contributed by atoms with Gasteiger partial charge in [-0.15, -0.1) is 0 Å². The summed E-state index contributed by atoms with van der Waals surface area (Å²) in [5, 5.41) is 0. The van der Waals surface area contributed by atoms with Crippen molar-refractivity contribution < 1.29 is 19.0 Å². The molecule has 0 aliphatic heterocycles. The molecule has 0 aromatic heterocycles. The third kappa shape index (κ3) is 4.94. The van der Waals surface area contributed by atoms with Crippen molar-refractivity contribution in [3.05, 3.63) is 53.6 Å². The highest BCUT2D eigenvalue weighted by atomic mass is 16.5. The molecule has 2 aromatic carbocycles. The number of amides is 1. The quantitative estimate of drug-likeness (QED) is 0.674. The van der Waals surface area contributed by atoms with Crippen LogP contribution < -0.4 is 14.2 Å². The highest BCUT2D eigenvalue weighted by Gasteiger charge is 2.33. The maximum Gasteiger partial charge on any atom is 0.227 e. The fourth-order valence-corrected chi connectivity index (χ4v) is 3.14. The lowest BCUT2D eigenvalue weighted by Crippen LogP contribution is -2.34. The predicted octanol–water partition coefficient (Wildman–Crippen LogP) is 3.84. The van der Waals surface area contributed by atoms with Gasteiger partial charge in [0.1, 0.15) is 17.2 Å². The summed E-state index contributed by atoms with van der Waals surface area (Å²) >= 11 is 0. The van der Waals surface area contributed by atoms with Crippen molar-refractivity contribution in [2.24, 2.45) is 0 Å². The molecule has 0 saturated heterocycles. The van der Waals surface area contributed by atoms with E-state index in [1.807, 2.05) is 54.3 Å². The Balaban J connectivity index is 1.73. The number of benzene rings is 2. The summed E-state index contributed by atoms with van der Waals surface area (Å²) in [6.07, 6.45) is 2.50. The average Bonchev–Trinajstić information content (AvgIpc) is 3.52. The van der Waals surface area contributed by atoms with Crippen LogP contribution in [0, 0.1) is 0 Å². The van der Waals surface area contributed by atoms with E-state index in [4.69, 9.17) is 14.2 Å². The molecule has 1 amide bonds. The Hall–Kier alpha value is -2.69. The first-order chi connectivity index (χ1) is 13.1. The molecule has 27 heavy (non-hydrogen) atoms. The van der Waals surface area contributed by atoms with Gasteiger partial charge in [0.2, 0.25) is 5.91 Å². The van der Waals surface area contributed by atoms with Gasteiger partial charge in [0.15, 0.2) is 0 Å². The van der Waals surface area contributed by atoms with Gasteiger partial charge >= 0.3 is 0 Å². The number of carbonyl (C=O) groups is 1. The molecule has 144 valence electrons. The molecule has 1 aliphatic carbocycles. The molecule has 3 rings (SSSR count). The van der Waals surface area contributed by atoms with E-state index in [1.165, 1.54) is 0 Å². The van der Waals surface area contributed by atoms with Crippen LogP contribution in [0.5, 0.6) is 17.2 Å². The summed E-state index contributed by atoms with van der Waals surface area (Å²) in [7, 11) is 3.29. The number of hydrogen-bond acceptors (Lipinski definition) is 4. The van der Waals surface area contributed by atoms with E-state index in [-0.39, 0.29) is 5.91 Å². The van der Waals surface area contributed by atoms with Crippen molar-refractivity contribution in [2.75, 3.05) is 20.8 Å². The van der Waals surface area contributed by atoms with Crippen LogP contribution in [0.3, 0.4) is 0 Å². The van der Waals surface area contributed by atoms with Gasteiger partial charge in [-0.05, 0) is 55.7 Å². The minimum atomic E-state index is 0.131. The van der Waals surface area contributed by atoms with Crippen molar-refractivity contribution in [1.82, 2.24) is 4.90 Å². The Kier molecular flexibility index (Phi) is 6.22. The molecule has 0 N–H and O–H groups in total. The fourth-order valence-electron chi connectivity index (χ4n) is 3.14. The molecule has 2 aromatic rings. The van der Waals surface area contributed by atoms with Gasteiger partial charge in [0.05, 0.1) is 27.2 Å². The van der Waals surface area contributed by atoms with Gasteiger partial charge in [0.25, 0.3) is 0 Å². The van der Waals surface area contributed by atoms with Gasteiger partial charge in [0, 0.05) is 18.2 Å². The Labute approximate surface area is 160 Å². The second-order valence-corrected chi connectivity index (χ2v) is 6.68. The van der Waals surface area contributed by atoms with Crippen molar-refractivity contribution in [2.45, 2.75) is 38.8 Å². The van der Waals surface area contributed by atoms with Crippen LogP contribution in [0.1, 0.15) is 30.9 Å². The van der Waals surface area contributed by atoms with Crippen LogP contribution in [0.25, 0.3) is 0 Å². The summed E-state index contributed by atoms with van der Waals surface area (Å²) in [6, 6.07) is 13.8. The van der Waals surface area contributed by atoms with E-state index in [0.717, 1.165) is 41.2 Å². The number of nitrogens with zero attached hydrogens (tertiary/aromatic N) is 1. The smallest absolute Gasteiger partial charge is 0.227 e. The predicted molar refractivity (Wildman–Crippen MR) is 104 cm³/mol. The lowest BCUT2D eigenvalue weighted by molar-refractivity contribution is -0.131. The minimum absolute atomic E-state index is 0.131. The molecule has 1 fully saturated rings. The molecular formula is C22H27NO4. The summed E-state index contributed by atoms with van der Waals surface area (Å²) in [5.41, 5.74) is 1.95. The zero-order chi connectivity index (χ0) is 19.2. The Morgan fingerprint density at radius 3 is 2.33 bits per heavy atom. The SMILES string of the molecule is CCOc1ccc(CC(=O)N(Cc2cc(OC)ccc2OC)C2CC2)cc1. The standard InChI is InChI=1S/C22H27NO4/c1-4-27-19-9-5-16(6-10-19)13-22(24)23(18-7-8-18)15-17-14-20(25-2)11-12-21(17)26-3/h5-6,9-12,14,18H,4,7-8,13,15H2,1-3H3. The number of methoxy groups -OCH3 is 2. The van der Waals surface area contributed by atoms with E-state index in [2.05, 4.69) is 0 Å². The van der Waals surface area contributed by atoms with Gasteiger partial charge in [-0.3, -0.25) is 4.79 Å². The number of ether oxygens (including phenoxy) is 3. The third-order valence-corrected chi connectivity index (χ3v) is 4.73. The first-order valence-corrected chi connectivity index (χ1v) is 9.36. The molecule has 1 aliphatic rings. The molecule has 0 unspecified atom stereocenters. The van der Waals surface area contributed by atoms with Gasteiger partial charge in [-0.2, -0.15) is 0 Å². The topological polar surface area (TPSA) is 48.0 Å². The van der Waals surface area contributed by atoms with Crippen molar-refractivity contribution in [3.63, 3.8) is 0 Å². The van der Waals surface area contributed by atoms with Crippen molar-refractivity contribution in [1.29, 1.82) is 0 Å². The zero-order valence-corrected chi connectivity index (χ0v) is 16.2. The van der Waals surface area contributed by atoms with E-state index in [9.17, 15) is 4.79 Å². The average molecular weight is 369 g/mol. The molecule has 0 atom stereocenters. The monoisotopic (exact) mass is 369 g/mol. The first kappa shape index (κ1) is 19.1. The molecule has 0 radical (unpaired) electrons. The van der Waals surface area contributed by atoms with Gasteiger partial charge < -0.3 is 19.1 Å². The number of rotatable bonds is 9. The lowest BCUT2D eigenvalue weighted by Gasteiger charge is -2.24. The van der Waals surface area contributed by atoms with Crippen LogP contribution in [-0.2, 0) is 17.8 Å². The van der Waals surface area contributed by atoms with E-state index >= 15 is 0 Å². The van der Waals surface area contributed by atoms with Gasteiger partial charge in [-0.1, -0.05) is 12.1 Å². The Morgan fingerprint density at radius 1 is 1.04 bits per heavy atom. The largest absolute Gasteiger partial charge is 0.497 e. The normalized spacial score (nSPS) is 13.1. The van der Waals surface area contributed by atoms with Crippen LogP contribution in [0.4, 0.5) is 0 Å². The fraction of sp³-hybridized carbons (Fsp3) is 0.409. The van der Waals surface area contributed by atoms with E-state index < -0.39 is 0 Å². The van der Waals surface area contributed by atoms with Gasteiger partial charge in [-0.25, -0.2) is 0 Å². The molecule has 0 heterocycles. The van der Waals surface area contributed by atoms with Crippen LogP contribution >= 0.6 is 0 Å². The molecular weight excluding hydrogens is 342 g/mol. The molecule has 1 saturated carbocycles. The molecule has 0 spiro atoms. The zero-order valence-electron chi connectivity index (χ0n) is 16.2. The van der Waals surface area contributed by atoms with Crippen molar-refractivity contribution >= 4 is 5.91 Å². The molecule has 0 bridgehead atoms. The summed E-state index contributed by atoms with van der Waals surface area (Å²) in [5.74, 6) is 2.50. The van der Waals surface area contributed by atoms with E-state index in [0.29, 0.717) is 25.6 Å². The van der Waals surface area contributed by atoms with E-state index in [1.54, 1.807) is 14.2 Å². The Morgan fingerprint density at radius 2 is 1.74 bits per heavy atom. The lowest BCUT2D eigenvalue weighted by atomic mass is 10.1. The highest BCUT2D eigenvalue weighted by molar-refractivity contribution is 5.79. The Bertz CT molecular complexity index is 768. The highest BCUT2D eigenvalue weighted by Crippen LogP contribution is 2.32. The summed E-state index contributed by atoms with van der Waals surface area (Å²) in [6.45, 7) is 3.12. The van der Waals surface area contributed by atoms with Crippen molar-refractivity contribution in [3.8, 4) is 17.2 Å². The summed E-state index contributed by atoms with van der Waals surface area (Å²) in [4.78, 5) is 15.0. The third-order valence-electron chi connectivity index (χ3n) is 4.73.